The molecule has 52 valence electrons. The van der Waals surface area contributed by atoms with Crippen LogP contribution in [0.15, 0.2) is 23.7 Å². The second-order valence-electron chi connectivity index (χ2n) is 2.15. The van der Waals surface area contributed by atoms with Crippen molar-refractivity contribution in [1.82, 2.24) is 0 Å². The lowest BCUT2D eigenvalue weighted by molar-refractivity contribution is 0.420. The minimum absolute atomic E-state index is 0.385. The Morgan fingerprint density at radius 1 is 1.50 bits per heavy atom. The lowest BCUT2D eigenvalue weighted by atomic mass is 9.76. The molecular formula is C6H8BNO2. The molecule has 0 radical (unpaired) electrons. The first-order valence-electron chi connectivity index (χ1n) is 3.02. The predicted octanol–water partition coefficient (Wildman–Crippen LogP) is -0.0955. The Hall–Kier alpha value is -0.865. The zero-order valence-corrected chi connectivity index (χ0v) is 5.41. The van der Waals surface area contributed by atoms with Gasteiger partial charge in [0.15, 0.2) is 0 Å². The highest BCUT2D eigenvalue weighted by molar-refractivity contribution is 6.52. The number of hydrogen-bond acceptors (Lipinski definition) is 3. The number of hydrogen-bond donors (Lipinski definition) is 3. The van der Waals surface area contributed by atoms with Gasteiger partial charge in [-0.15, -0.1) is 0 Å². The van der Waals surface area contributed by atoms with E-state index in [1.54, 1.807) is 12.2 Å². The van der Waals surface area contributed by atoms with E-state index in [1.165, 1.54) is 6.08 Å². The molecule has 0 aromatic rings. The van der Waals surface area contributed by atoms with Gasteiger partial charge in [-0.2, -0.15) is 0 Å². The van der Waals surface area contributed by atoms with E-state index in [1.807, 2.05) is 0 Å². The van der Waals surface area contributed by atoms with E-state index in [2.05, 4.69) is 0 Å². The summed E-state index contributed by atoms with van der Waals surface area (Å²) >= 11 is 0. The Balaban J connectivity index is 2.76. The summed E-state index contributed by atoms with van der Waals surface area (Å²) in [4.78, 5) is 0. The zero-order chi connectivity index (χ0) is 7.56. The molecule has 0 atom stereocenters. The van der Waals surface area contributed by atoms with Crippen LogP contribution in [0.25, 0.3) is 0 Å². The fourth-order valence-electron chi connectivity index (χ4n) is 0.791. The van der Waals surface area contributed by atoms with E-state index in [4.69, 9.17) is 15.5 Å². The smallest absolute Gasteiger partial charge is 0.423 e. The van der Waals surface area contributed by atoms with Gasteiger partial charge in [0, 0.05) is 12.1 Å². The Morgan fingerprint density at radius 3 is 2.60 bits per heavy atom. The molecule has 0 fully saturated rings. The summed E-state index contributed by atoms with van der Waals surface area (Å²) in [5.41, 5.74) is 0.793. The van der Waals surface area contributed by atoms with Gasteiger partial charge < -0.3 is 15.5 Å². The Labute approximate surface area is 59.3 Å². The lowest BCUT2D eigenvalue weighted by Gasteiger charge is -2.04. The fourth-order valence-corrected chi connectivity index (χ4v) is 0.791. The highest BCUT2D eigenvalue weighted by atomic mass is 16.4. The summed E-state index contributed by atoms with van der Waals surface area (Å²) in [7, 11) is -1.45. The second-order valence-corrected chi connectivity index (χ2v) is 2.15. The van der Waals surface area contributed by atoms with Gasteiger partial charge in [-0.05, 0) is 11.5 Å². The van der Waals surface area contributed by atoms with E-state index in [0.29, 0.717) is 17.6 Å². The van der Waals surface area contributed by atoms with E-state index in [9.17, 15) is 0 Å². The third-order valence-corrected chi connectivity index (χ3v) is 1.29. The highest BCUT2D eigenvalue weighted by Crippen LogP contribution is 2.07. The molecule has 4 heteroatoms. The van der Waals surface area contributed by atoms with Crippen molar-refractivity contribution >= 4 is 12.8 Å². The van der Waals surface area contributed by atoms with Gasteiger partial charge in [0.1, 0.15) is 0 Å². The van der Waals surface area contributed by atoms with Crippen LogP contribution in [0.1, 0.15) is 6.42 Å². The second kappa shape index (κ2) is 2.81. The van der Waals surface area contributed by atoms with Crippen molar-refractivity contribution in [2.24, 2.45) is 0 Å². The zero-order valence-electron chi connectivity index (χ0n) is 5.41. The van der Waals surface area contributed by atoms with Gasteiger partial charge in [-0.25, -0.2) is 0 Å². The monoisotopic (exact) mass is 137 g/mol. The van der Waals surface area contributed by atoms with Crippen LogP contribution in [0.3, 0.4) is 0 Å². The molecule has 0 heterocycles. The van der Waals surface area contributed by atoms with Crippen molar-refractivity contribution in [3.05, 3.63) is 23.7 Å². The fraction of sp³-hybridized carbons (Fsp3) is 0.167. The maximum absolute atomic E-state index is 8.63. The van der Waals surface area contributed by atoms with Crippen LogP contribution in [0.4, 0.5) is 0 Å². The first kappa shape index (κ1) is 7.24. The summed E-state index contributed by atoms with van der Waals surface area (Å²) in [6.45, 7) is 0. The molecule has 1 aliphatic rings. The van der Waals surface area contributed by atoms with E-state index < -0.39 is 7.12 Å². The van der Waals surface area contributed by atoms with Crippen molar-refractivity contribution in [3.8, 4) is 0 Å². The molecule has 1 aliphatic carbocycles. The quantitative estimate of drug-likeness (QED) is 0.442. The Kier molecular flexibility index (Phi) is 2.04. The van der Waals surface area contributed by atoms with E-state index in [-0.39, 0.29) is 0 Å². The summed E-state index contributed by atoms with van der Waals surface area (Å²) in [6, 6.07) is 0. The van der Waals surface area contributed by atoms with Crippen LogP contribution >= 0.6 is 0 Å². The third-order valence-electron chi connectivity index (χ3n) is 1.29. The first-order valence-corrected chi connectivity index (χ1v) is 3.02. The molecule has 0 spiro atoms. The molecule has 0 unspecified atom stereocenters. The first-order chi connectivity index (χ1) is 4.70. The van der Waals surface area contributed by atoms with Crippen molar-refractivity contribution in [1.29, 1.82) is 5.41 Å². The van der Waals surface area contributed by atoms with Gasteiger partial charge in [-0.3, -0.25) is 0 Å². The van der Waals surface area contributed by atoms with Crippen molar-refractivity contribution in [2.75, 3.05) is 0 Å². The summed E-state index contributed by atoms with van der Waals surface area (Å²) < 4.78 is 0. The minimum atomic E-state index is -1.45. The molecular weight excluding hydrogens is 129 g/mol. The highest BCUT2D eigenvalue weighted by Gasteiger charge is 2.13. The van der Waals surface area contributed by atoms with Crippen LogP contribution in [0.2, 0.25) is 0 Å². The van der Waals surface area contributed by atoms with Crippen LogP contribution in [-0.4, -0.2) is 22.9 Å². The maximum atomic E-state index is 8.63. The van der Waals surface area contributed by atoms with Crippen LogP contribution < -0.4 is 0 Å². The summed E-state index contributed by atoms with van der Waals surface area (Å²) in [5.74, 6) is 0. The van der Waals surface area contributed by atoms with Gasteiger partial charge in [0.05, 0.1) is 0 Å². The molecule has 0 amide bonds. The van der Waals surface area contributed by atoms with Crippen LogP contribution in [0, 0.1) is 5.41 Å². The van der Waals surface area contributed by atoms with E-state index >= 15 is 0 Å². The SMILES string of the molecule is N=C1C=C(B(O)O)C=CC1. The topological polar surface area (TPSA) is 64.3 Å². The molecule has 3 N–H and O–H groups in total. The van der Waals surface area contributed by atoms with Gasteiger partial charge in [-0.1, -0.05) is 12.2 Å². The molecule has 1 rings (SSSR count). The predicted molar refractivity (Wildman–Crippen MR) is 39.8 cm³/mol. The Morgan fingerprint density at radius 2 is 2.20 bits per heavy atom. The van der Waals surface area contributed by atoms with Crippen molar-refractivity contribution < 1.29 is 10.0 Å². The Bertz CT molecular complexity index is 208. The van der Waals surface area contributed by atoms with Crippen molar-refractivity contribution in [2.45, 2.75) is 6.42 Å². The minimum Gasteiger partial charge on any atom is -0.423 e. The maximum Gasteiger partial charge on any atom is 0.488 e. The standard InChI is InChI=1S/C6H8BNO2/c8-6-3-1-2-5(4-6)7(9)10/h1-2,4,8-10H,3H2. The van der Waals surface area contributed by atoms with Gasteiger partial charge in [0.25, 0.3) is 0 Å². The normalized spacial score (nSPS) is 17.0. The van der Waals surface area contributed by atoms with Gasteiger partial charge in [0.2, 0.25) is 0 Å². The molecule has 0 saturated carbocycles. The van der Waals surface area contributed by atoms with Gasteiger partial charge >= 0.3 is 7.12 Å². The molecule has 0 aliphatic heterocycles. The van der Waals surface area contributed by atoms with Crippen molar-refractivity contribution in [3.63, 3.8) is 0 Å². The lowest BCUT2D eigenvalue weighted by Crippen LogP contribution is -2.16. The molecule has 0 saturated heterocycles. The molecule has 3 nitrogen and oxygen atoms in total. The average molecular weight is 137 g/mol. The molecule has 0 aromatic carbocycles. The largest absolute Gasteiger partial charge is 0.488 e. The van der Waals surface area contributed by atoms with E-state index in [0.717, 1.165) is 0 Å². The third kappa shape index (κ3) is 1.56. The average Bonchev–Trinajstić information content (AvgIpc) is 1.88. The molecule has 0 bridgehead atoms. The number of allylic oxidation sites excluding steroid dienone is 4. The van der Waals surface area contributed by atoms with Crippen LogP contribution in [-0.2, 0) is 0 Å². The molecule has 0 aromatic heterocycles. The summed E-state index contributed by atoms with van der Waals surface area (Å²) in [6.07, 6.45) is 5.39. The van der Waals surface area contributed by atoms with Crippen LogP contribution in [0.5, 0.6) is 0 Å². The molecule has 10 heavy (non-hydrogen) atoms. The number of nitrogens with one attached hydrogen (secondary N) is 1. The summed E-state index contributed by atoms with van der Waals surface area (Å²) in [5, 5.41) is 24.4. The number of rotatable bonds is 1.